The van der Waals surface area contributed by atoms with Crippen molar-refractivity contribution >= 4 is 17.7 Å². The summed E-state index contributed by atoms with van der Waals surface area (Å²) in [6.07, 6.45) is 2.08. The number of ether oxygens (including phenoxy) is 2. The van der Waals surface area contributed by atoms with Gasteiger partial charge >= 0.3 is 6.09 Å². The Balaban J connectivity index is 2.51. The summed E-state index contributed by atoms with van der Waals surface area (Å²) in [7, 11) is 1.67. The van der Waals surface area contributed by atoms with Crippen molar-refractivity contribution in [2.45, 2.75) is 72.1 Å². The van der Waals surface area contributed by atoms with Crippen LogP contribution >= 0.6 is 0 Å². The van der Waals surface area contributed by atoms with E-state index >= 15 is 0 Å². The average molecular weight is 444 g/mol. The van der Waals surface area contributed by atoms with Gasteiger partial charge in [-0.1, -0.05) is 51.1 Å². The number of carbonyl (C=O) groups excluding carboxylic acids is 2. The molecular weight excluding hydrogens is 406 g/mol. The van der Waals surface area contributed by atoms with Crippen LogP contribution in [0.15, 0.2) is 47.2 Å². The van der Waals surface area contributed by atoms with Crippen LogP contribution < -0.4 is 5.32 Å². The highest BCUT2D eigenvalue weighted by Crippen LogP contribution is 2.24. The van der Waals surface area contributed by atoms with E-state index in [1.165, 1.54) is 0 Å². The molecule has 2 atom stereocenters. The van der Waals surface area contributed by atoms with E-state index in [0.29, 0.717) is 6.61 Å². The van der Waals surface area contributed by atoms with E-state index in [2.05, 4.69) is 19.2 Å². The van der Waals surface area contributed by atoms with E-state index in [-0.39, 0.29) is 35.9 Å². The van der Waals surface area contributed by atoms with Gasteiger partial charge in [0.15, 0.2) is 5.78 Å². The molecule has 0 aliphatic carbocycles. The monoisotopic (exact) mass is 443 g/mol. The molecule has 1 aliphatic heterocycles. The Hall–Kier alpha value is -2.67. The van der Waals surface area contributed by atoms with Gasteiger partial charge in [0.25, 0.3) is 0 Å². The van der Waals surface area contributed by atoms with E-state index in [1.54, 1.807) is 34.1 Å². The maximum Gasteiger partial charge on any atom is 0.412 e. The van der Waals surface area contributed by atoms with Crippen LogP contribution in [0.1, 0.15) is 59.9 Å². The smallest absolute Gasteiger partial charge is 0.412 e. The van der Waals surface area contributed by atoms with Crippen LogP contribution in [-0.2, 0) is 14.3 Å². The molecule has 7 heteroatoms. The SMILES string of the molecule is CC[C@@H]1CC(=O)C(NC(=O)OC(C)(C)C)=CN1C(=N[C@H](COC)C(C)C)c1ccccc1. The molecular formula is C25H37N3O4. The van der Waals surface area contributed by atoms with Gasteiger partial charge in [-0.3, -0.25) is 15.1 Å². The van der Waals surface area contributed by atoms with Crippen molar-refractivity contribution in [1.29, 1.82) is 0 Å². The van der Waals surface area contributed by atoms with Gasteiger partial charge in [0.2, 0.25) is 0 Å². The highest BCUT2D eigenvalue weighted by Gasteiger charge is 2.32. The first-order chi connectivity index (χ1) is 15.1. The first kappa shape index (κ1) is 25.6. The van der Waals surface area contributed by atoms with Crippen molar-refractivity contribution in [2.75, 3.05) is 13.7 Å². The number of Topliss-reactive ketones (excluding diaryl/α,β-unsaturated/α-hetero) is 1. The predicted octanol–water partition coefficient (Wildman–Crippen LogP) is 4.52. The maximum atomic E-state index is 12.8. The van der Waals surface area contributed by atoms with E-state index in [1.807, 2.05) is 42.2 Å². The number of hydrogen-bond donors (Lipinski definition) is 1. The van der Waals surface area contributed by atoms with Crippen LogP contribution in [0.3, 0.4) is 0 Å². The van der Waals surface area contributed by atoms with E-state index in [0.717, 1.165) is 17.8 Å². The highest BCUT2D eigenvalue weighted by atomic mass is 16.6. The summed E-state index contributed by atoms with van der Waals surface area (Å²) in [5, 5.41) is 2.64. The molecule has 0 radical (unpaired) electrons. The second-order valence-corrected chi connectivity index (χ2v) is 9.35. The number of amides is 1. The summed E-state index contributed by atoms with van der Waals surface area (Å²) in [5.41, 5.74) is 0.491. The van der Waals surface area contributed by atoms with Crippen molar-refractivity contribution in [1.82, 2.24) is 10.2 Å². The fraction of sp³-hybridized carbons (Fsp3) is 0.560. The zero-order chi connectivity index (χ0) is 23.9. The number of alkyl carbamates (subject to hydrolysis) is 1. The molecule has 7 nitrogen and oxygen atoms in total. The Bertz CT molecular complexity index is 840. The molecule has 1 aromatic carbocycles. The number of rotatable bonds is 7. The van der Waals surface area contributed by atoms with Gasteiger partial charge in [-0.15, -0.1) is 0 Å². The summed E-state index contributed by atoms with van der Waals surface area (Å²) < 4.78 is 10.8. The maximum absolute atomic E-state index is 12.8. The Morgan fingerprint density at radius 2 is 1.91 bits per heavy atom. The Morgan fingerprint density at radius 1 is 1.25 bits per heavy atom. The number of methoxy groups -OCH3 is 1. The minimum Gasteiger partial charge on any atom is -0.444 e. The van der Waals surface area contributed by atoms with Crippen molar-refractivity contribution in [3.63, 3.8) is 0 Å². The molecule has 0 spiro atoms. The number of nitrogens with one attached hydrogen (secondary N) is 1. The summed E-state index contributed by atoms with van der Waals surface area (Å²) in [6, 6.07) is 9.76. The summed E-state index contributed by atoms with van der Waals surface area (Å²) in [6.45, 7) is 12.1. The summed E-state index contributed by atoms with van der Waals surface area (Å²) in [5.74, 6) is 0.899. The first-order valence-electron chi connectivity index (χ1n) is 11.2. The second-order valence-electron chi connectivity index (χ2n) is 9.35. The molecule has 0 bridgehead atoms. The molecule has 1 aromatic rings. The van der Waals surface area contributed by atoms with Gasteiger partial charge in [0, 0.05) is 31.3 Å². The predicted molar refractivity (Wildman–Crippen MR) is 126 cm³/mol. The number of allylic oxidation sites excluding steroid dienone is 1. The minimum atomic E-state index is -0.657. The Kier molecular flexibility index (Phi) is 9.01. The minimum absolute atomic E-state index is 0.0546. The van der Waals surface area contributed by atoms with Crippen LogP contribution in [0.5, 0.6) is 0 Å². The molecule has 1 amide bonds. The van der Waals surface area contributed by atoms with E-state index in [9.17, 15) is 9.59 Å². The Labute approximate surface area is 191 Å². The van der Waals surface area contributed by atoms with Crippen molar-refractivity contribution in [3.05, 3.63) is 47.8 Å². The summed E-state index contributed by atoms with van der Waals surface area (Å²) in [4.78, 5) is 32.2. The largest absolute Gasteiger partial charge is 0.444 e. The van der Waals surface area contributed by atoms with Crippen LogP contribution in [0.25, 0.3) is 0 Å². The van der Waals surface area contributed by atoms with Gasteiger partial charge in [-0.2, -0.15) is 0 Å². The molecule has 0 unspecified atom stereocenters. The second kappa shape index (κ2) is 11.3. The molecule has 1 N–H and O–H groups in total. The average Bonchev–Trinajstić information content (AvgIpc) is 2.71. The molecule has 32 heavy (non-hydrogen) atoms. The van der Waals surface area contributed by atoms with Gasteiger partial charge in [-0.25, -0.2) is 4.79 Å². The standard InChI is InChI=1S/C25H37N3O4/c1-8-19-14-22(29)20(27-24(30)32-25(4,5)6)15-28(19)23(18-12-10-9-11-13-18)26-21(16-31-7)17(2)3/h9-13,15,17,19,21H,8,14,16H2,1-7H3,(H,27,30)/t19-,21-/m1/s1. The van der Waals surface area contributed by atoms with Crippen LogP contribution in [0.4, 0.5) is 4.79 Å². The highest BCUT2D eigenvalue weighted by molar-refractivity contribution is 6.04. The first-order valence-corrected chi connectivity index (χ1v) is 11.2. The van der Waals surface area contributed by atoms with Crippen LogP contribution in [0, 0.1) is 5.92 Å². The van der Waals surface area contributed by atoms with E-state index in [4.69, 9.17) is 14.5 Å². The third-order valence-corrected chi connectivity index (χ3v) is 5.16. The molecule has 1 heterocycles. The number of aliphatic imine (C=N–C) groups is 1. The molecule has 0 aromatic heterocycles. The van der Waals surface area contributed by atoms with Crippen LogP contribution in [0.2, 0.25) is 0 Å². The van der Waals surface area contributed by atoms with Gasteiger partial charge in [-0.05, 0) is 33.1 Å². The fourth-order valence-electron chi connectivity index (χ4n) is 3.41. The van der Waals surface area contributed by atoms with Crippen molar-refractivity contribution in [3.8, 4) is 0 Å². The molecule has 176 valence electrons. The quantitative estimate of drug-likeness (QED) is 0.495. The van der Waals surface area contributed by atoms with Crippen molar-refractivity contribution in [2.24, 2.45) is 10.9 Å². The zero-order valence-corrected chi connectivity index (χ0v) is 20.3. The third-order valence-electron chi connectivity index (χ3n) is 5.16. The lowest BCUT2D eigenvalue weighted by Gasteiger charge is -2.36. The number of nitrogens with zero attached hydrogens (tertiary/aromatic N) is 2. The molecule has 0 fully saturated rings. The Morgan fingerprint density at radius 3 is 2.44 bits per heavy atom. The number of carbonyl (C=O) groups is 2. The molecule has 0 saturated heterocycles. The number of ketones is 1. The third kappa shape index (κ3) is 7.19. The molecule has 0 saturated carbocycles. The van der Waals surface area contributed by atoms with E-state index < -0.39 is 11.7 Å². The topological polar surface area (TPSA) is 80.2 Å². The van der Waals surface area contributed by atoms with Gasteiger partial charge < -0.3 is 14.4 Å². The zero-order valence-electron chi connectivity index (χ0n) is 20.3. The van der Waals surface area contributed by atoms with Crippen LogP contribution in [-0.4, -0.2) is 54.0 Å². The number of amidine groups is 1. The number of benzene rings is 1. The fourth-order valence-corrected chi connectivity index (χ4v) is 3.41. The lowest BCUT2D eigenvalue weighted by atomic mass is 9.98. The normalized spacial score (nSPS) is 18.4. The lowest BCUT2D eigenvalue weighted by Crippen LogP contribution is -2.46. The number of hydrogen-bond acceptors (Lipinski definition) is 5. The van der Waals surface area contributed by atoms with Crippen molar-refractivity contribution < 1.29 is 19.1 Å². The van der Waals surface area contributed by atoms with Gasteiger partial charge in [0.05, 0.1) is 12.6 Å². The summed E-state index contributed by atoms with van der Waals surface area (Å²) >= 11 is 0. The lowest BCUT2D eigenvalue weighted by molar-refractivity contribution is -0.117. The molecule has 1 aliphatic rings. The molecule has 2 rings (SSSR count). The van der Waals surface area contributed by atoms with Gasteiger partial charge in [0.1, 0.15) is 17.1 Å².